The molecular formula is C18H21NO3S. The normalized spacial score (nSPS) is 13.1. The summed E-state index contributed by atoms with van der Waals surface area (Å²) in [5.74, 6) is 0.563. The minimum absolute atomic E-state index is 0.0688. The molecular weight excluding hydrogens is 310 g/mol. The van der Waals surface area contributed by atoms with E-state index in [0.717, 1.165) is 5.75 Å². The highest BCUT2D eigenvalue weighted by molar-refractivity contribution is 7.84. The third-order valence-corrected chi connectivity index (χ3v) is 4.36. The van der Waals surface area contributed by atoms with Crippen LogP contribution in [0.4, 0.5) is 5.69 Å². The first-order chi connectivity index (χ1) is 11.1. The van der Waals surface area contributed by atoms with Crippen LogP contribution < -0.4 is 10.1 Å². The first-order valence-corrected chi connectivity index (χ1v) is 9.04. The Bertz CT molecular complexity index is 673. The van der Waals surface area contributed by atoms with Crippen molar-refractivity contribution >= 4 is 22.4 Å². The third kappa shape index (κ3) is 5.53. The third-order valence-electron chi connectivity index (χ3n) is 3.44. The summed E-state index contributed by atoms with van der Waals surface area (Å²) in [6.45, 7) is 2.35. The minimum Gasteiger partial charge on any atom is -0.494 e. The van der Waals surface area contributed by atoms with E-state index in [2.05, 4.69) is 5.32 Å². The highest BCUT2D eigenvalue weighted by atomic mass is 32.2. The molecule has 0 unspecified atom stereocenters. The van der Waals surface area contributed by atoms with Crippen LogP contribution in [0.3, 0.4) is 0 Å². The van der Waals surface area contributed by atoms with Crippen LogP contribution in [0, 0.1) is 5.92 Å². The summed E-state index contributed by atoms with van der Waals surface area (Å²) in [5, 5.41) is 2.86. The van der Waals surface area contributed by atoms with Gasteiger partial charge < -0.3 is 10.1 Å². The maximum absolute atomic E-state index is 12.2. The van der Waals surface area contributed by atoms with E-state index in [-0.39, 0.29) is 11.8 Å². The molecule has 0 saturated carbocycles. The largest absolute Gasteiger partial charge is 0.494 e. The molecule has 1 N–H and O–H groups in total. The lowest BCUT2D eigenvalue weighted by molar-refractivity contribution is -0.119. The SMILES string of the molecule is C[C@H](CCOc1ccccc1)C(=O)Nc1cccc([S@](C)=O)c1. The van der Waals surface area contributed by atoms with Crippen molar-refractivity contribution in [3.05, 3.63) is 54.6 Å². The van der Waals surface area contributed by atoms with E-state index in [1.165, 1.54) is 0 Å². The van der Waals surface area contributed by atoms with Gasteiger partial charge in [0.2, 0.25) is 5.91 Å². The molecule has 0 radical (unpaired) electrons. The van der Waals surface area contributed by atoms with Gasteiger partial charge in [0.15, 0.2) is 0 Å². The van der Waals surface area contributed by atoms with Crippen molar-refractivity contribution in [1.82, 2.24) is 0 Å². The summed E-state index contributed by atoms with van der Waals surface area (Å²) >= 11 is 0. The molecule has 2 rings (SSSR count). The van der Waals surface area contributed by atoms with Crippen LogP contribution in [0.1, 0.15) is 13.3 Å². The first kappa shape index (κ1) is 17.2. The molecule has 4 nitrogen and oxygen atoms in total. The fraction of sp³-hybridized carbons (Fsp3) is 0.278. The fourth-order valence-electron chi connectivity index (χ4n) is 2.02. The highest BCUT2D eigenvalue weighted by Crippen LogP contribution is 2.16. The summed E-state index contributed by atoms with van der Waals surface area (Å²) in [4.78, 5) is 12.9. The van der Waals surface area contributed by atoms with Crippen LogP contribution >= 0.6 is 0 Å². The smallest absolute Gasteiger partial charge is 0.227 e. The van der Waals surface area contributed by atoms with Gasteiger partial charge in [0.05, 0.1) is 6.61 Å². The van der Waals surface area contributed by atoms with Crippen LogP contribution in [0.2, 0.25) is 0 Å². The standard InChI is InChI=1S/C18H21NO3S/c1-14(11-12-22-16-8-4-3-5-9-16)18(20)19-15-7-6-10-17(13-15)23(2)21/h3-10,13-14H,11-12H2,1-2H3,(H,19,20)/t14-,23+/m1/s1. The monoisotopic (exact) mass is 331 g/mol. The summed E-state index contributed by atoms with van der Waals surface area (Å²) in [7, 11) is -1.06. The lowest BCUT2D eigenvalue weighted by Crippen LogP contribution is -2.22. The topological polar surface area (TPSA) is 55.4 Å². The van der Waals surface area contributed by atoms with Crippen LogP contribution in [0.15, 0.2) is 59.5 Å². The second-order valence-corrected chi connectivity index (χ2v) is 6.70. The van der Waals surface area contributed by atoms with Gasteiger partial charge in [0, 0.05) is 33.6 Å². The molecule has 0 aliphatic carbocycles. The molecule has 1 amide bonds. The molecule has 0 spiro atoms. The van der Waals surface area contributed by atoms with Gasteiger partial charge in [0.25, 0.3) is 0 Å². The van der Waals surface area contributed by atoms with Gasteiger partial charge >= 0.3 is 0 Å². The molecule has 5 heteroatoms. The van der Waals surface area contributed by atoms with Crippen LogP contribution in [0.5, 0.6) is 5.75 Å². The maximum Gasteiger partial charge on any atom is 0.227 e. The Balaban J connectivity index is 1.83. The van der Waals surface area contributed by atoms with Crippen molar-refractivity contribution in [2.45, 2.75) is 18.2 Å². The average Bonchev–Trinajstić information content (AvgIpc) is 2.56. The van der Waals surface area contributed by atoms with Crippen LogP contribution in [-0.2, 0) is 15.6 Å². The van der Waals surface area contributed by atoms with E-state index in [9.17, 15) is 9.00 Å². The van der Waals surface area contributed by atoms with Gasteiger partial charge in [-0.2, -0.15) is 0 Å². The van der Waals surface area contributed by atoms with Crippen molar-refractivity contribution in [3.63, 3.8) is 0 Å². The molecule has 122 valence electrons. The average molecular weight is 331 g/mol. The van der Waals surface area contributed by atoms with Crippen LogP contribution in [0.25, 0.3) is 0 Å². The van der Waals surface area contributed by atoms with E-state index in [1.54, 1.807) is 30.5 Å². The van der Waals surface area contributed by atoms with Crippen molar-refractivity contribution < 1.29 is 13.7 Å². The Morgan fingerprint density at radius 1 is 1.17 bits per heavy atom. The van der Waals surface area contributed by atoms with Crippen molar-refractivity contribution in [2.24, 2.45) is 5.92 Å². The lowest BCUT2D eigenvalue weighted by Gasteiger charge is -2.13. The second-order valence-electron chi connectivity index (χ2n) is 5.32. The zero-order chi connectivity index (χ0) is 16.7. The van der Waals surface area contributed by atoms with Gasteiger partial charge in [-0.25, -0.2) is 0 Å². The summed E-state index contributed by atoms with van der Waals surface area (Å²) in [6.07, 6.45) is 2.24. The van der Waals surface area contributed by atoms with Crippen molar-refractivity contribution in [3.8, 4) is 5.75 Å². The molecule has 0 saturated heterocycles. The molecule has 2 atom stereocenters. The molecule has 2 aromatic rings. The zero-order valence-corrected chi connectivity index (χ0v) is 14.1. The molecule has 0 heterocycles. The number of amides is 1. The van der Waals surface area contributed by atoms with Gasteiger partial charge in [-0.3, -0.25) is 9.00 Å². The Labute approximate surface area is 139 Å². The molecule has 23 heavy (non-hydrogen) atoms. The number of ether oxygens (including phenoxy) is 1. The number of nitrogens with one attached hydrogen (secondary N) is 1. The maximum atomic E-state index is 12.2. The molecule has 0 fully saturated rings. The number of carbonyl (C=O) groups excluding carboxylic acids is 1. The first-order valence-electron chi connectivity index (χ1n) is 7.48. The van der Waals surface area contributed by atoms with Crippen molar-refractivity contribution in [2.75, 3.05) is 18.2 Å². The van der Waals surface area contributed by atoms with E-state index in [1.807, 2.05) is 37.3 Å². The lowest BCUT2D eigenvalue weighted by atomic mass is 10.1. The molecule has 0 aromatic heterocycles. The number of hydrogen-bond acceptors (Lipinski definition) is 3. The number of rotatable bonds is 7. The Morgan fingerprint density at radius 3 is 2.61 bits per heavy atom. The van der Waals surface area contributed by atoms with Gasteiger partial charge in [-0.05, 0) is 36.8 Å². The summed E-state index contributed by atoms with van der Waals surface area (Å²) in [5.41, 5.74) is 0.665. The zero-order valence-electron chi connectivity index (χ0n) is 13.3. The number of para-hydroxylation sites is 1. The molecule has 0 aliphatic rings. The number of carbonyl (C=O) groups is 1. The summed E-state index contributed by atoms with van der Waals surface area (Å²) in [6, 6.07) is 16.6. The highest BCUT2D eigenvalue weighted by Gasteiger charge is 2.13. The Hall–Kier alpha value is -2.14. The van der Waals surface area contributed by atoms with Crippen LogP contribution in [-0.4, -0.2) is 23.0 Å². The van der Waals surface area contributed by atoms with Crippen molar-refractivity contribution in [1.29, 1.82) is 0 Å². The quantitative estimate of drug-likeness (QED) is 0.845. The molecule has 0 bridgehead atoms. The summed E-state index contributed by atoms with van der Waals surface area (Å²) < 4.78 is 17.1. The van der Waals surface area contributed by atoms with E-state index >= 15 is 0 Å². The van der Waals surface area contributed by atoms with Gasteiger partial charge in [-0.15, -0.1) is 0 Å². The van der Waals surface area contributed by atoms with E-state index in [4.69, 9.17) is 4.74 Å². The Kier molecular flexibility index (Phi) is 6.35. The fourth-order valence-corrected chi connectivity index (χ4v) is 2.58. The predicted molar refractivity (Wildman–Crippen MR) is 93.1 cm³/mol. The van der Waals surface area contributed by atoms with E-state index < -0.39 is 10.8 Å². The molecule has 2 aromatic carbocycles. The number of benzene rings is 2. The number of anilines is 1. The van der Waals surface area contributed by atoms with Gasteiger partial charge in [0.1, 0.15) is 5.75 Å². The van der Waals surface area contributed by atoms with Gasteiger partial charge in [-0.1, -0.05) is 31.2 Å². The molecule has 0 aliphatic heterocycles. The second kappa shape index (κ2) is 8.48. The van der Waals surface area contributed by atoms with E-state index in [0.29, 0.717) is 23.6 Å². The predicted octanol–water partition coefficient (Wildman–Crippen LogP) is 3.47. The Morgan fingerprint density at radius 2 is 1.91 bits per heavy atom. The number of hydrogen-bond donors (Lipinski definition) is 1. The minimum atomic E-state index is -1.06.